The van der Waals surface area contributed by atoms with Crippen molar-refractivity contribution in [1.82, 2.24) is 15.5 Å². The Labute approximate surface area is 197 Å². The van der Waals surface area contributed by atoms with Crippen molar-refractivity contribution >= 4 is 40.8 Å². The first kappa shape index (κ1) is 22.2. The molecule has 4 saturated carbocycles. The molecule has 4 amide bonds. The van der Waals surface area contributed by atoms with E-state index in [9.17, 15) is 19.2 Å². The van der Waals surface area contributed by atoms with E-state index in [1.54, 1.807) is 13.0 Å². The number of benzene rings is 1. The van der Waals surface area contributed by atoms with E-state index in [0.29, 0.717) is 23.2 Å². The predicted molar refractivity (Wildman–Crippen MR) is 126 cm³/mol. The van der Waals surface area contributed by atoms with E-state index < -0.39 is 5.41 Å². The minimum Gasteiger partial charge on any atom is -0.354 e. The molecule has 0 radical (unpaired) electrons. The maximum Gasteiger partial charge on any atom is 0.293 e. The van der Waals surface area contributed by atoms with Crippen molar-refractivity contribution in [2.24, 2.45) is 17.3 Å². The van der Waals surface area contributed by atoms with Crippen LogP contribution in [0.5, 0.6) is 0 Å². The monoisotopic (exact) mass is 467 g/mol. The Bertz CT molecular complexity index is 1020. The number of amides is 4. The average molecular weight is 468 g/mol. The van der Waals surface area contributed by atoms with Crippen molar-refractivity contribution in [1.29, 1.82) is 0 Å². The van der Waals surface area contributed by atoms with Gasteiger partial charge in [-0.25, -0.2) is 0 Å². The van der Waals surface area contributed by atoms with Crippen LogP contribution in [-0.2, 0) is 14.4 Å². The van der Waals surface area contributed by atoms with Crippen LogP contribution in [0.1, 0.15) is 51.0 Å². The quantitative estimate of drug-likeness (QED) is 0.626. The number of rotatable bonds is 6. The Morgan fingerprint density at radius 1 is 1.12 bits per heavy atom. The first-order valence-electron chi connectivity index (χ1n) is 11.7. The van der Waals surface area contributed by atoms with Gasteiger partial charge in [0.25, 0.3) is 11.1 Å². The lowest BCUT2D eigenvalue weighted by atomic mass is 9.46. The molecular weight excluding hydrogens is 438 g/mol. The predicted octanol–water partition coefficient (Wildman–Crippen LogP) is 3.31. The summed E-state index contributed by atoms with van der Waals surface area (Å²) in [7, 11) is 0. The van der Waals surface area contributed by atoms with E-state index in [0.717, 1.165) is 49.4 Å². The fraction of sp³-hybridized carbons (Fsp3) is 0.520. The molecule has 8 heteroatoms. The van der Waals surface area contributed by atoms with Gasteiger partial charge in [0.15, 0.2) is 0 Å². The molecule has 2 N–H and O–H groups in total. The standard InChI is InChI=1S/C25H29N3O4S/c1-16(29)27-25-13-18-9-19(14-25)12-24(11-18,15-25)22(31)26-7-8-28-21(30)20(33-23(28)32)10-17-5-3-2-4-6-17/h2-6,10,18-19H,7-9,11-15H2,1H3,(H,26,31)(H,27,29)/b20-10+/t18-,19+,24?,25?. The van der Waals surface area contributed by atoms with Crippen molar-refractivity contribution in [3.05, 3.63) is 40.8 Å². The SMILES string of the molecule is CC(=O)NC12C[C@H]3C[C@@H](C1)CC(C(=O)NCCN1C(=O)S/C(=C/c4ccccc4)C1=O)(C3)C2. The lowest BCUT2D eigenvalue weighted by Gasteiger charge is -2.61. The summed E-state index contributed by atoms with van der Waals surface area (Å²) in [6, 6.07) is 9.42. The summed E-state index contributed by atoms with van der Waals surface area (Å²) >= 11 is 0.934. The van der Waals surface area contributed by atoms with E-state index >= 15 is 0 Å². The molecule has 5 fully saturated rings. The van der Waals surface area contributed by atoms with Gasteiger partial charge in [0, 0.05) is 25.6 Å². The van der Waals surface area contributed by atoms with Crippen molar-refractivity contribution < 1.29 is 19.2 Å². The highest BCUT2D eigenvalue weighted by molar-refractivity contribution is 8.18. The van der Waals surface area contributed by atoms with Crippen molar-refractivity contribution in [2.75, 3.05) is 13.1 Å². The number of thioether (sulfide) groups is 1. The van der Waals surface area contributed by atoms with E-state index in [1.165, 1.54) is 4.90 Å². The Balaban J connectivity index is 1.21. The van der Waals surface area contributed by atoms with E-state index in [4.69, 9.17) is 0 Å². The largest absolute Gasteiger partial charge is 0.354 e. The number of nitrogens with one attached hydrogen (secondary N) is 2. The second kappa shape index (κ2) is 8.31. The molecule has 1 heterocycles. The van der Waals surface area contributed by atoms with Gasteiger partial charge in [0.1, 0.15) is 0 Å². The Morgan fingerprint density at radius 2 is 1.82 bits per heavy atom. The van der Waals surface area contributed by atoms with Crippen LogP contribution >= 0.6 is 11.8 Å². The summed E-state index contributed by atoms with van der Waals surface area (Å²) in [5.74, 6) is 0.580. The lowest BCUT2D eigenvalue weighted by molar-refractivity contribution is -0.153. The van der Waals surface area contributed by atoms with Crippen LogP contribution in [0, 0.1) is 17.3 Å². The molecule has 2 unspecified atom stereocenters. The van der Waals surface area contributed by atoms with Gasteiger partial charge in [-0.15, -0.1) is 0 Å². The van der Waals surface area contributed by atoms with Gasteiger partial charge >= 0.3 is 0 Å². The Morgan fingerprint density at radius 3 is 2.48 bits per heavy atom. The lowest BCUT2D eigenvalue weighted by Crippen LogP contribution is -2.65. The molecule has 1 aromatic rings. The number of hydrogen-bond acceptors (Lipinski definition) is 5. The van der Waals surface area contributed by atoms with E-state index in [-0.39, 0.29) is 41.6 Å². The second-order valence-corrected chi connectivity index (χ2v) is 11.2. The first-order chi connectivity index (χ1) is 15.8. The number of imide groups is 1. The second-order valence-electron chi connectivity index (χ2n) is 10.2. The summed E-state index contributed by atoms with van der Waals surface area (Å²) in [5, 5.41) is 5.89. The van der Waals surface area contributed by atoms with Gasteiger partial charge in [0.05, 0.1) is 10.3 Å². The summed E-state index contributed by atoms with van der Waals surface area (Å²) in [5.41, 5.74) is 0.145. The van der Waals surface area contributed by atoms with Crippen molar-refractivity contribution in [3.8, 4) is 0 Å². The number of carbonyl (C=O) groups excluding carboxylic acids is 4. The zero-order valence-corrected chi connectivity index (χ0v) is 19.6. The topological polar surface area (TPSA) is 95.6 Å². The zero-order valence-electron chi connectivity index (χ0n) is 18.8. The minimum absolute atomic E-state index is 0.00174. The van der Waals surface area contributed by atoms with Crippen LogP contribution in [0.4, 0.5) is 4.79 Å². The molecule has 0 spiro atoms. The number of carbonyl (C=O) groups is 4. The Hall–Kier alpha value is -2.61. The van der Waals surface area contributed by atoms with Crippen molar-refractivity contribution in [2.45, 2.75) is 51.0 Å². The normalized spacial score (nSPS) is 33.6. The highest BCUT2D eigenvalue weighted by atomic mass is 32.2. The fourth-order valence-corrected chi connectivity index (χ4v) is 7.78. The molecule has 4 atom stereocenters. The van der Waals surface area contributed by atoms with Crippen LogP contribution in [0.25, 0.3) is 6.08 Å². The van der Waals surface area contributed by atoms with Crippen LogP contribution < -0.4 is 10.6 Å². The molecule has 5 aliphatic rings. The van der Waals surface area contributed by atoms with E-state index in [2.05, 4.69) is 10.6 Å². The molecule has 4 bridgehead atoms. The molecule has 6 rings (SSSR count). The third-order valence-electron chi connectivity index (χ3n) is 7.58. The molecule has 0 aromatic heterocycles. The number of hydrogen-bond donors (Lipinski definition) is 2. The molecule has 4 aliphatic carbocycles. The minimum atomic E-state index is -0.460. The van der Waals surface area contributed by atoms with Gasteiger partial charge < -0.3 is 10.6 Å². The van der Waals surface area contributed by atoms with Crippen LogP contribution in [-0.4, -0.2) is 46.5 Å². The van der Waals surface area contributed by atoms with Gasteiger partial charge in [-0.3, -0.25) is 24.1 Å². The van der Waals surface area contributed by atoms with Crippen molar-refractivity contribution in [3.63, 3.8) is 0 Å². The third-order valence-corrected chi connectivity index (χ3v) is 8.48. The first-order valence-corrected chi connectivity index (χ1v) is 12.5. The summed E-state index contributed by atoms with van der Waals surface area (Å²) < 4.78 is 0. The zero-order chi connectivity index (χ0) is 23.2. The fourth-order valence-electron chi connectivity index (χ4n) is 6.91. The maximum atomic E-state index is 13.3. The summed E-state index contributed by atoms with van der Waals surface area (Å²) in [6.45, 7) is 1.94. The molecule has 1 aromatic carbocycles. The van der Waals surface area contributed by atoms with Gasteiger partial charge in [-0.2, -0.15) is 0 Å². The van der Waals surface area contributed by atoms with Gasteiger partial charge in [-0.05, 0) is 73.8 Å². The van der Waals surface area contributed by atoms with E-state index in [1.807, 2.05) is 30.3 Å². The molecular formula is C25H29N3O4S. The van der Waals surface area contributed by atoms with Crippen LogP contribution in [0.15, 0.2) is 35.2 Å². The third kappa shape index (κ3) is 4.21. The average Bonchev–Trinajstić information content (AvgIpc) is 2.99. The number of nitrogens with zero attached hydrogens (tertiary/aromatic N) is 1. The summed E-state index contributed by atoms with van der Waals surface area (Å²) in [4.78, 5) is 51.9. The van der Waals surface area contributed by atoms with Crippen LogP contribution in [0.2, 0.25) is 0 Å². The Kier molecular flexibility index (Phi) is 5.59. The summed E-state index contributed by atoms with van der Waals surface area (Å²) in [6.07, 6.45) is 7.18. The molecule has 33 heavy (non-hydrogen) atoms. The van der Waals surface area contributed by atoms with Crippen LogP contribution in [0.3, 0.4) is 0 Å². The van der Waals surface area contributed by atoms with Gasteiger partial charge in [0.2, 0.25) is 11.8 Å². The molecule has 7 nitrogen and oxygen atoms in total. The molecule has 174 valence electrons. The molecule has 1 saturated heterocycles. The maximum absolute atomic E-state index is 13.3. The highest BCUT2D eigenvalue weighted by Gasteiger charge is 2.60. The smallest absolute Gasteiger partial charge is 0.293 e. The van der Waals surface area contributed by atoms with Gasteiger partial charge in [-0.1, -0.05) is 30.3 Å². The highest BCUT2D eigenvalue weighted by Crippen LogP contribution is 2.61. The molecule has 1 aliphatic heterocycles.